The number of anilines is 1. The van der Waals surface area contributed by atoms with Crippen molar-refractivity contribution >= 4 is 22.9 Å². The van der Waals surface area contributed by atoms with Crippen LogP contribution in [0.1, 0.15) is 18.0 Å². The Balaban J connectivity index is 2.23. The number of amidine groups is 1. The van der Waals surface area contributed by atoms with Crippen molar-refractivity contribution in [1.82, 2.24) is 19.4 Å². The van der Waals surface area contributed by atoms with E-state index in [0.29, 0.717) is 17.2 Å². The average Bonchev–Trinajstić information content (AvgIpc) is 2.90. The van der Waals surface area contributed by atoms with Crippen LogP contribution in [0.4, 0.5) is 5.95 Å². The molecule has 2 aromatic rings. The van der Waals surface area contributed by atoms with Gasteiger partial charge in [-0.1, -0.05) is 0 Å². The van der Waals surface area contributed by atoms with Crippen molar-refractivity contribution in [2.45, 2.75) is 12.5 Å². The highest BCUT2D eigenvalue weighted by Gasteiger charge is 2.26. The Hall–Kier alpha value is -2.15. The Bertz CT molecular complexity index is 645. The van der Waals surface area contributed by atoms with Gasteiger partial charge in [0.25, 0.3) is 0 Å². The highest BCUT2D eigenvalue weighted by molar-refractivity contribution is 6.05. The van der Waals surface area contributed by atoms with E-state index in [9.17, 15) is 0 Å². The molecule has 1 aliphatic rings. The number of aromatic nitrogens is 3. The third kappa shape index (κ3) is 1.82. The fourth-order valence-electron chi connectivity index (χ4n) is 2.75. The number of hydrogen-bond acceptors (Lipinski definition) is 5. The van der Waals surface area contributed by atoms with Crippen LogP contribution in [0.15, 0.2) is 12.3 Å². The number of nitrogen functional groups attached to an aromatic ring is 2. The lowest BCUT2D eigenvalue weighted by molar-refractivity contribution is 0.396. The quantitative estimate of drug-likeness (QED) is 0.526. The van der Waals surface area contributed by atoms with Crippen LogP contribution in [0.25, 0.3) is 11.2 Å². The van der Waals surface area contributed by atoms with Crippen molar-refractivity contribution in [1.29, 1.82) is 5.41 Å². The number of nitrogens with zero attached hydrogens (tertiary/aromatic N) is 4. The Morgan fingerprint density at radius 2 is 2.32 bits per heavy atom. The highest BCUT2D eigenvalue weighted by Crippen LogP contribution is 2.29. The van der Waals surface area contributed by atoms with Crippen molar-refractivity contribution < 1.29 is 0 Å². The van der Waals surface area contributed by atoms with Crippen LogP contribution in [-0.2, 0) is 0 Å². The molecule has 0 radical (unpaired) electrons. The zero-order valence-electron chi connectivity index (χ0n) is 10.8. The monoisotopic (exact) mass is 259 g/mol. The first kappa shape index (κ1) is 11.9. The lowest BCUT2D eigenvalue weighted by Gasteiger charge is -2.16. The number of imidazole rings is 1. The summed E-state index contributed by atoms with van der Waals surface area (Å²) in [6.45, 7) is 1.95. The van der Waals surface area contributed by atoms with E-state index in [1.54, 1.807) is 12.3 Å². The van der Waals surface area contributed by atoms with E-state index in [2.05, 4.69) is 21.9 Å². The largest absolute Gasteiger partial charge is 0.384 e. The summed E-state index contributed by atoms with van der Waals surface area (Å²) in [5.41, 5.74) is 13.6. The third-order valence-electron chi connectivity index (χ3n) is 3.63. The van der Waals surface area contributed by atoms with E-state index in [1.807, 2.05) is 4.57 Å². The van der Waals surface area contributed by atoms with Gasteiger partial charge in [-0.3, -0.25) is 5.41 Å². The van der Waals surface area contributed by atoms with Gasteiger partial charge in [0.2, 0.25) is 5.95 Å². The minimum absolute atomic E-state index is 0.0138. The predicted molar refractivity (Wildman–Crippen MR) is 74.1 cm³/mol. The van der Waals surface area contributed by atoms with Gasteiger partial charge in [0.05, 0.1) is 6.04 Å². The van der Waals surface area contributed by atoms with Crippen LogP contribution in [-0.4, -0.2) is 45.4 Å². The Kier molecular flexibility index (Phi) is 2.63. The van der Waals surface area contributed by atoms with Gasteiger partial charge < -0.3 is 20.9 Å². The first-order valence-corrected chi connectivity index (χ1v) is 6.23. The first-order valence-electron chi connectivity index (χ1n) is 6.23. The molecule has 7 heteroatoms. The molecule has 1 atom stereocenters. The van der Waals surface area contributed by atoms with E-state index >= 15 is 0 Å². The molecule has 5 N–H and O–H groups in total. The molecule has 1 unspecified atom stereocenters. The van der Waals surface area contributed by atoms with Gasteiger partial charge >= 0.3 is 0 Å². The summed E-state index contributed by atoms with van der Waals surface area (Å²) in [6.07, 6.45) is 2.62. The minimum atomic E-state index is 0.0138. The zero-order chi connectivity index (χ0) is 13.6. The fraction of sp³-hybridized carbons (Fsp3) is 0.417. The maximum absolute atomic E-state index is 7.69. The van der Waals surface area contributed by atoms with Crippen LogP contribution in [0.3, 0.4) is 0 Å². The SMILES string of the molecule is CN1CCC(n2c(N)nc3nccc(C(=N)N)c32)C1. The third-order valence-corrected chi connectivity index (χ3v) is 3.63. The van der Waals surface area contributed by atoms with Gasteiger partial charge in [0.1, 0.15) is 11.4 Å². The van der Waals surface area contributed by atoms with Gasteiger partial charge in [-0.15, -0.1) is 0 Å². The van der Waals surface area contributed by atoms with Crippen LogP contribution < -0.4 is 11.5 Å². The van der Waals surface area contributed by atoms with E-state index < -0.39 is 0 Å². The summed E-state index contributed by atoms with van der Waals surface area (Å²) in [5.74, 6) is 0.455. The summed E-state index contributed by atoms with van der Waals surface area (Å²) < 4.78 is 1.97. The standard InChI is InChI=1S/C12H17N7/c1-18-5-3-7(6-18)19-9-8(10(13)14)2-4-16-11(9)17-12(19)15/h2,4,7H,3,5-6H2,1H3,(H3,13,14)(H2,15,16,17). The molecule has 7 nitrogen and oxygen atoms in total. The predicted octanol–water partition coefficient (Wildman–Crippen LogP) is 0.174. The number of rotatable bonds is 2. The second-order valence-corrected chi connectivity index (χ2v) is 4.99. The van der Waals surface area contributed by atoms with Gasteiger partial charge in [-0.25, -0.2) is 4.98 Å². The molecule has 0 spiro atoms. The topological polar surface area (TPSA) is 110 Å². The summed E-state index contributed by atoms with van der Waals surface area (Å²) in [4.78, 5) is 10.8. The molecule has 3 heterocycles. The van der Waals surface area contributed by atoms with Gasteiger partial charge in [0.15, 0.2) is 5.65 Å². The fourth-order valence-corrected chi connectivity index (χ4v) is 2.75. The average molecular weight is 259 g/mol. The summed E-state index contributed by atoms with van der Waals surface area (Å²) in [6, 6.07) is 2.00. The second kappa shape index (κ2) is 4.20. The van der Waals surface area contributed by atoms with Crippen molar-refractivity contribution in [3.63, 3.8) is 0 Å². The molecular weight excluding hydrogens is 242 g/mol. The molecule has 0 aliphatic carbocycles. The number of nitrogens with one attached hydrogen (secondary N) is 1. The maximum atomic E-state index is 7.69. The zero-order valence-corrected chi connectivity index (χ0v) is 10.8. The lowest BCUT2D eigenvalue weighted by atomic mass is 10.2. The lowest BCUT2D eigenvalue weighted by Crippen LogP contribution is -2.19. The molecule has 100 valence electrons. The number of likely N-dealkylation sites (N-methyl/N-ethyl adjacent to an activating group) is 1. The molecule has 0 bridgehead atoms. The van der Waals surface area contributed by atoms with Crippen LogP contribution in [0.5, 0.6) is 0 Å². The molecule has 0 amide bonds. The van der Waals surface area contributed by atoms with E-state index in [1.165, 1.54) is 0 Å². The summed E-state index contributed by atoms with van der Waals surface area (Å²) in [5, 5.41) is 7.69. The molecule has 0 aromatic carbocycles. The minimum Gasteiger partial charge on any atom is -0.384 e. The number of likely N-dealkylation sites (tertiary alicyclic amines) is 1. The van der Waals surface area contributed by atoms with E-state index in [4.69, 9.17) is 16.9 Å². The highest BCUT2D eigenvalue weighted by atomic mass is 15.2. The Morgan fingerprint density at radius 1 is 1.53 bits per heavy atom. The molecular formula is C12H17N7. The Labute approximate surface area is 110 Å². The van der Waals surface area contributed by atoms with Gasteiger partial charge in [0, 0.05) is 18.3 Å². The molecule has 2 aromatic heterocycles. The molecule has 0 saturated carbocycles. The van der Waals surface area contributed by atoms with Gasteiger partial charge in [-0.05, 0) is 26.1 Å². The van der Waals surface area contributed by atoms with E-state index in [-0.39, 0.29) is 11.9 Å². The van der Waals surface area contributed by atoms with Gasteiger partial charge in [-0.2, -0.15) is 4.98 Å². The number of nitrogens with two attached hydrogens (primary N) is 2. The van der Waals surface area contributed by atoms with Crippen molar-refractivity contribution in [2.75, 3.05) is 25.9 Å². The van der Waals surface area contributed by atoms with Crippen LogP contribution >= 0.6 is 0 Å². The number of fused-ring (bicyclic) bond motifs is 1. The molecule has 3 rings (SSSR count). The van der Waals surface area contributed by atoms with Crippen molar-refractivity contribution in [2.24, 2.45) is 5.73 Å². The van der Waals surface area contributed by atoms with Crippen LogP contribution in [0, 0.1) is 5.41 Å². The van der Waals surface area contributed by atoms with Crippen molar-refractivity contribution in [3.05, 3.63) is 17.8 Å². The van der Waals surface area contributed by atoms with Crippen LogP contribution in [0.2, 0.25) is 0 Å². The normalized spacial score (nSPS) is 20.2. The second-order valence-electron chi connectivity index (χ2n) is 4.99. The molecule has 1 aliphatic heterocycles. The maximum Gasteiger partial charge on any atom is 0.203 e. The number of hydrogen-bond donors (Lipinski definition) is 3. The summed E-state index contributed by atoms with van der Waals surface area (Å²) in [7, 11) is 2.08. The first-order chi connectivity index (χ1) is 9.08. The molecule has 1 saturated heterocycles. The smallest absolute Gasteiger partial charge is 0.203 e. The molecule has 19 heavy (non-hydrogen) atoms. The Morgan fingerprint density at radius 3 is 2.95 bits per heavy atom. The number of pyridine rings is 1. The molecule has 1 fully saturated rings. The summed E-state index contributed by atoms with van der Waals surface area (Å²) >= 11 is 0. The van der Waals surface area contributed by atoms with Crippen molar-refractivity contribution in [3.8, 4) is 0 Å². The van der Waals surface area contributed by atoms with E-state index in [0.717, 1.165) is 25.0 Å².